The molecule has 0 aromatic heterocycles. The zero-order valence-electron chi connectivity index (χ0n) is 11.7. The van der Waals surface area contributed by atoms with E-state index in [4.69, 9.17) is 5.73 Å². The van der Waals surface area contributed by atoms with Crippen molar-refractivity contribution in [2.24, 2.45) is 11.7 Å². The smallest absolute Gasteiger partial charge is 0.218 e. The molecule has 0 spiro atoms. The molecule has 1 saturated heterocycles. The van der Waals surface area contributed by atoms with Gasteiger partial charge in [-0.2, -0.15) is 4.31 Å². The quantitative estimate of drug-likeness (QED) is 0.923. The van der Waals surface area contributed by atoms with Crippen LogP contribution >= 0.6 is 12.4 Å². The topological polar surface area (TPSA) is 63.4 Å². The van der Waals surface area contributed by atoms with Gasteiger partial charge in [0.1, 0.15) is 0 Å². The van der Waals surface area contributed by atoms with Gasteiger partial charge in [0.2, 0.25) is 10.0 Å². The highest BCUT2D eigenvalue weighted by atomic mass is 35.5. The molecule has 1 aliphatic rings. The Bertz CT molecular complexity index is 507. The van der Waals surface area contributed by atoms with E-state index in [0.29, 0.717) is 19.0 Å². The minimum Gasteiger partial charge on any atom is -0.329 e. The standard InChI is InChI=1S/C14H22N2O2S.ClH/c1-12-6-5-9-16(14(12)10-15)19(17,18)11-13-7-3-2-4-8-13;/h2-4,7-8,12,14H,5-6,9-11,15H2,1H3;1H. The summed E-state index contributed by atoms with van der Waals surface area (Å²) < 4.78 is 26.7. The average molecular weight is 319 g/mol. The Hall–Kier alpha value is -0.620. The van der Waals surface area contributed by atoms with Crippen LogP contribution in [0.25, 0.3) is 0 Å². The van der Waals surface area contributed by atoms with Gasteiger partial charge in [0.05, 0.1) is 5.75 Å². The fourth-order valence-corrected chi connectivity index (χ4v) is 4.67. The third-order valence-electron chi connectivity index (χ3n) is 3.86. The lowest BCUT2D eigenvalue weighted by atomic mass is 9.93. The van der Waals surface area contributed by atoms with E-state index in [-0.39, 0.29) is 24.2 Å². The molecular formula is C14H23ClN2O2S. The lowest BCUT2D eigenvalue weighted by Crippen LogP contribution is -2.51. The number of nitrogens with zero attached hydrogens (tertiary/aromatic N) is 1. The normalized spacial score (nSPS) is 24.1. The summed E-state index contributed by atoms with van der Waals surface area (Å²) >= 11 is 0. The second kappa shape index (κ2) is 7.41. The highest BCUT2D eigenvalue weighted by Crippen LogP contribution is 2.26. The monoisotopic (exact) mass is 318 g/mol. The minimum atomic E-state index is -3.28. The molecule has 2 atom stereocenters. The predicted octanol–water partition coefficient (Wildman–Crippen LogP) is 2.00. The lowest BCUT2D eigenvalue weighted by Gasteiger charge is -2.38. The maximum Gasteiger partial charge on any atom is 0.218 e. The van der Waals surface area contributed by atoms with E-state index in [0.717, 1.165) is 18.4 Å². The van der Waals surface area contributed by atoms with E-state index in [1.54, 1.807) is 4.31 Å². The molecule has 0 radical (unpaired) electrons. The first-order chi connectivity index (χ1) is 9.04. The molecule has 1 heterocycles. The fraction of sp³-hybridized carbons (Fsp3) is 0.571. The van der Waals surface area contributed by atoms with Crippen molar-refractivity contribution in [3.63, 3.8) is 0 Å². The Morgan fingerprint density at radius 2 is 1.95 bits per heavy atom. The molecular weight excluding hydrogens is 296 g/mol. The Labute approximate surface area is 127 Å². The molecule has 2 unspecified atom stereocenters. The average Bonchev–Trinajstić information content (AvgIpc) is 2.39. The van der Waals surface area contributed by atoms with Gasteiger partial charge in [-0.1, -0.05) is 37.3 Å². The Balaban J connectivity index is 0.00000200. The van der Waals surface area contributed by atoms with E-state index in [1.165, 1.54) is 0 Å². The molecule has 2 N–H and O–H groups in total. The summed E-state index contributed by atoms with van der Waals surface area (Å²) in [4.78, 5) is 0. The number of hydrogen-bond acceptors (Lipinski definition) is 3. The van der Waals surface area contributed by atoms with Crippen LogP contribution in [0.1, 0.15) is 25.3 Å². The maximum atomic E-state index is 12.5. The van der Waals surface area contributed by atoms with Crippen LogP contribution in [-0.2, 0) is 15.8 Å². The van der Waals surface area contributed by atoms with Crippen LogP contribution in [0.4, 0.5) is 0 Å². The van der Waals surface area contributed by atoms with Gasteiger partial charge in [-0.05, 0) is 24.3 Å². The van der Waals surface area contributed by atoms with Gasteiger partial charge in [0.25, 0.3) is 0 Å². The van der Waals surface area contributed by atoms with Gasteiger partial charge in [0, 0.05) is 19.1 Å². The summed E-state index contributed by atoms with van der Waals surface area (Å²) in [5, 5.41) is 0. The molecule has 1 fully saturated rings. The van der Waals surface area contributed by atoms with Crippen LogP contribution in [0.3, 0.4) is 0 Å². The van der Waals surface area contributed by atoms with Crippen LogP contribution < -0.4 is 5.73 Å². The first-order valence-electron chi connectivity index (χ1n) is 6.78. The first kappa shape index (κ1) is 17.4. The van der Waals surface area contributed by atoms with Crippen molar-refractivity contribution in [3.8, 4) is 0 Å². The van der Waals surface area contributed by atoms with Crippen LogP contribution in [0.15, 0.2) is 30.3 Å². The molecule has 0 bridgehead atoms. The van der Waals surface area contributed by atoms with Crippen molar-refractivity contribution in [3.05, 3.63) is 35.9 Å². The molecule has 0 saturated carbocycles. The molecule has 0 amide bonds. The summed E-state index contributed by atoms with van der Waals surface area (Å²) in [6, 6.07) is 9.27. The van der Waals surface area contributed by atoms with Crippen molar-refractivity contribution < 1.29 is 8.42 Å². The summed E-state index contributed by atoms with van der Waals surface area (Å²) in [7, 11) is -3.28. The lowest BCUT2D eigenvalue weighted by molar-refractivity contribution is 0.192. The SMILES string of the molecule is CC1CCCN(S(=O)(=O)Cc2ccccc2)C1CN.Cl. The minimum absolute atomic E-state index is 0. The molecule has 1 aromatic rings. The maximum absolute atomic E-state index is 12.5. The molecule has 2 rings (SSSR count). The third-order valence-corrected chi connectivity index (χ3v) is 5.72. The molecule has 114 valence electrons. The van der Waals surface area contributed by atoms with Gasteiger partial charge in [0.15, 0.2) is 0 Å². The first-order valence-corrected chi connectivity index (χ1v) is 8.39. The Morgan fingerprint density at radius 1 is 1.30 bits per heavy atom. The number of halogens is 1. The number of nitrogens with two attached hydrogens (primary N) is 1. The van der Waals surface area contributed by atoms with Gasteiger partial charge in [-0.25, -0.2) is 8.42 Å². The molecule has 0 aliphatic carbocycles. The Kier molecular flexibility index (Phi) is 6.45. The molecule has 1 aromatic carbocycles. The van der Waals surface area contributed by atoms with E-state index in [2.05, 4.69) is 6.92 Å². The number of sulfonamides is 1. The number of benzene rings is 1. The number of piperidine rings is 1. The predicted molar refractivity (Wildman–Crippen MR) is 84.3 cm³/mol. The molecule has 1 aliphatic heterocycles. The molecule has 4 nitrogen and oxygen atoms in total. The van der Waals surface area contributed by atoms with Crippen molar-refractivity contribution in [1.82, 2.24) is 4.31 Å². The van der Waals surface area contributed by atoms with E-state index >= 15 is 0 Å². The van der Waals surface area contributed by atoms with Gasteiger partial charge in [-0.3, -0.25) is 0 Å². The highest BCUT2D eigenvalue weighted by Gasteiger charge is 2.35. The second-order valence-corrected chi connectivity index (χ2v) is 7.20. The van der Waals surface area contributed by atoms with E-state index in [9.17, 15) is 8.42 Å². The van der Waals surface area contributed by atoms with Crippen molar-refractivity contribution >= 4 is 22.4 Å². The summed E-state index contributed by atoms with van der Waals surface area (Å²) in [6.45, 7) is 3.08. The Morgan fingerprint density at radius 3 is 2.55 bits per heavy atom. The summed E-state index contributed by atoms with van der Waals surface area (Å²) in [6.07, 6.45) is 1.98. The van der Waals surface area contributed by atoms with E-state index < -0.39 is 10.0 Å². The molecule has 20 heavy (non-hydrogen) atoms. The van der Waals surface area contributed by atoms with Crippen LogP contribution in [-0.4, -0.2) is 31.9 Å². The van der Waals surface area contributed by atoms with Gasteiger partial charge >= 0.3 is 0 Å². The van der Waals surface area contributed by atoms with Crippen molar-refractivity contribution in [2.75, 3.05) is 13.1 Å². The number of rotatable bonds is 4. The molecule has 6 heteroatoms. The largest absolute Gasteiger partial charge is 0.329 e. The van der Waals surface area contributed by atoms with Gasteiger partial charge in [-0.15, -0.1) is 12.4 Å². The zero-order valence-corrected chi connectivity index (χ0v) is 13.4. The van der Waals surface area contributed by atoms with Crippen LogP contribution in [0, 0.1) is 5.92 Å². The summed E-state index contributed by atoms with van der Waals surface area (Å²) in [5.74, 6) is 0.404. The fourth-order valence-electron chi connectivity index (χ4n) is 2.77. The van der Waals surface area contributed by atoms with E-state index in [1.807, 2.05) is 30.3 Å². The van der Waals surface area contributed by atoms with Gasteiger partial charge < -0.3 is 5.73 Å². The van der Waals surface area contributed by atoms with Crippen molar-refractivity contribution in [1.29, 1.82) is 0 Å². The highest BCUT2D eigenvalue weighted by molar-refractivity contribution is 7.88. The zero-order chi connectivity index (χ0) is 13.9. The van der Waals surface area contributed by atoms with Crippen LogP contribution in [0.2, 0.25) is 0 Å². The van der Waals surface area contributed by atoms with Crippen LogP contribution in [0.5, 0.6) is 0 Å². The summed E-state index contributed by atoms with van der Waals surface area (Å²) in [5.41, 5.74) is 6.60. The number of hydrogen-bond donors (Lipinski definition) is 1. The second-order valence-electron chi connectivity index (χ2n) is 5.28. The third kappa shape index (κ3) is 3.95. The van der Waals surface area contributed by atoms with Crippen molar-refractivity contribution in [2.45, 2.75) is 31.6 Å².